The SMILES string of the molecule is Cc1ccc(NC(=O)COc2c(Br)cc(Br)cc2/C=C2/C(=O)NC(=O)N(c3ccc(Cl)c(Cl)c3)C2=O)cc1C. The third-order valence-electron chi connectivity index (χ3n) is 5.74. The predicted octanol–water partition coefficient (Wildman–Crippen LogP) is 6.82. The van der Waals surface area contributed by atoms with E-state index < -0.39 is 23.8 Å². The fourth-order valence-corrected chi connectivity index (χ4v) is 5.33. The van der Waals surface area contributed by atoms with E-state index in [1.807, 2.05) is 26.0 Å². The molecule has 1 aliphatic heterocycles. The predicted molar refractivity (Wildman–Crippen MR) is 157 cm³/mol. The van der Waals surface area contributed by atoms with Crippen LogP contribution < -0.4 is 20.3 Å². The number of aryl methyl sites for hydroxylation is 2. The molecule has 0 unspecified atom stereocenters. The molecule has 0 aliphatic carbocycles. The van der Waals surface area contributed by atoms with Crippen LogP contribution in [0.25, 0.3) is 6.08 Å². The number of nitrogens with zero attached hydrogens (tertiary/aromatic N) is 1. The van der Waals surface area contributed by atoms with Gasteiger partial charge in [-0.15, -0.1) is 0 Å². The minimum absolute atomic E-state index is 0.125. The van der Waals surface area contributed by atoms with E-state index in [2.05, 4.69) is 42.5 Å². The highest BCUT2D eigenvalue weighted by atomic mass is 79.9. The van der Waals surface area contributed by atoms with E-state index in [4.69, 9.17) is 27.9 Å². The lowest BCUT2D eigenvalue weighted by atomic mass is 10.1. The zero-order valence-corrected chi connectivity index (χ0v) is 25.1. The van der Waals surface area contributed by atoms with E-state index >= 15 is 0 Å². The van der Waals surface area contributed by atoms with Crippen LogP contribution in [-0.4, -0.2) is 30.4 Å². The van der Waals surface area contributed by atoms with Gasteiger partial charge in [0.15, 0.2) is 6.61 Å². The van der Waals surface area contributed by atoms with Crippen molar-refractivity contribution >= 4 is 96.3 Å². The summed E-state index contributed by atoms with van der Waals surface area (Å²) in [4.78, 5) is 51.9. The van der Waals surface area contributed by atoms with Gasteiger partial charge in [0, 0.05) is 15.7 Å². The van der Waals surface area contributed by atoms with Gasteiger partial charge in [0.25, 0.3) is 17.7 Å². The van der Waals surface area contributed by atoms with Crippen LogP contribution >= 0.6 is 55.1 Å². The second-order valence-corrected chi connectivity index (χ2v) is 11.1. The Balaban J connectivity index is 1.62. The zero-order valence-electron chi connectivity index (χ0n) is 20.4. The molecule has 2 N–H and O–H groups in total. The summed E-state index contributed by atoms with van der Waals surface area (Å²) in [6.07, 6.45) is 1.28. The summed E-state index contributed by atoms with van der Waals surface area (Å²) in [5.74, 6) is -1.97. The Morgan fingerprint density at radius 1 is 1.00 bits per heavy atom. The molecule has 0 atom stereocenters. The van der Waals surface area contributed by atoms with E-state index in [1.165, 1.54) is 24.3 Å². The second-order valence-electron chi connectivity index (χ2n) is 8.50. The second kappa shape index (κ2) is 11.9. The number of barbiturate groups is 1. The first kappa shape index (κ1) is 28.8. The van der Waals surface area contributed by atoms with Crippen LogP contribution in [0.3, 0.4) is 0 Å². The summed E-state index contributed by atoms with van der Waals surface area (Å²) in [5, 5.41) is 5.29. The standard InChI is InChI=1S/C27H19Br2Cl2N3O5/c1-13-3-4-17(7-14(13)2)32-23(35)12-39-24-15(8-16(28)10-20(24)29)9-19-25(36)33-27(38)34(26(19)37)18-5-6-21(30)22(31)11-18/h3-11H,12H2,1-2H3,(H,32,35)(H,33,36,38)/b19-9-. The highest BCUT2D eigenvalue weighted by molar-refractivity contribution is 9.11. The highest BCUT2D eigenvalue weighted by Crippen LogP contribution is 2.36. The minimum Gasteiger partial charge on any atom is -0.482 e. The summed E-state index contributed by atoms with van der Waals surface area (Å²) in [6, 6.07) is 12.1. The molecular formula is C27H19Br2Cl2N3O5. The van der Waals surface area contributed by atoms with Crippen molar-refractivity contribution in [3.63, 3.8) is 0 Å². The van der Waals surface area contributed by atoms with Crippen molar-refractivity contribution in [3.8, 4) is 5.75 Å². The van der Waals surface area contributed by atoms with Gasteiger partial charge in [-0.25, -0.2) is 9.69 Å². The molecule has 39 heavy (non-hydrogen) atoms. The number of imide groups is 2. The van der Waals surface area contributed by atoms with Gasteiger partial charge in [0.05, 0.1) is 20.2 Å². The largest absolute Gasteiger partial charge is 0.482 e. The Labute approximate surface area is 250 Å². The molecule has 4 rings (SSSR count). The van der Waals surface area contributed by atoms with Gasteiger partial charge in [-0.3, -0.25) is 19.7 Å². The molecule has 0 aromatic heterocycles. The third kappa shape index (κ3) is 6.52. The van der Waals surface area contributed by atoms with E-state index in [0.717, 1.165) is 16.0 Å². The number of urea groups is 1. The van der Waals surface area contributed by atoms with Crippen molar-refractivity contribution in [2.75, 3.05) is 16.8 Å². The molecule has 200 valence electrons. The van der Waals surface area contributed by atoms with Crippen molar-refractivity contribution < 1.29 is 23.9 Å². The number of rotatable bonds is 6. The lowest BCUT2D eigenvalue weighted by Gasteiger charge is -2.26. The molecule has 0 bridgehead atoms. The minimum atomic E-state index is -0.935. The number of anilines is 2. The number of ether oxygens (including phenoxy) is 1. The Kier molecular flexibility index (Phi) is 8.80. The van der Waals surface area contributed by atoms with E-state index in [-0.39, 0.29) is 33.7 Å². The van der Waals surface area contributed by atoms with E-state index in [0.29, 0.717) is 20.2 Å². The zero-order chi connectivity index (χ0) is 28.4. The van der Waals surface area contributed by atoms with Gasteiger partial charge in [-0.2, -0.15) is 0 Å². The molecule has 1 saturated heterocycles. The maximum absolute atomic E-state index is 13.3. The molecule has 0 radical (unpaired) electrons. The average molecular weight is 696 g/mol. The lowest BCUT2D eigenvalue weighted by molar-refractivity contribution is -0.122. The van der Waals surface area contributed by atoms with Crippen LogP contribution in [0, 0.1) is 13.8 Å². The third-order valence-corrected chi connectivity index (χ3v) is 7.52. The Morgan fingerprint density at radius 2 is 1.74 bits per heavy atom. The molecule has 1 heterocycles. The quantitative estimate of drug-likeness (QED) is 0.218. The number of carbonyl (C=O) groups excluding carboxylic acids is 4. The number of amides is 5. The van der Waals surface area contributed by atoms with E-state index in [9.17, 15) is 19.2 Å². The Bertz CT molecular complexity index is 1580. The number of hydrogen-bond donors (Lipinski definition) is 2. The smallest absolute Gasteiger partial charge is 0.335 e. The van der Waals surface area contributed by atoms with Gasteiger partial charge in [0.1, 0.15) is 11.3 Å². The van der Waals surface area contributed by atoms with Crippen LogP contribution in [0.5, 0.6) is 5.75 Å². The first-order valence-corrected chi connectivity index (χ1v) is 13.6. The molecule has 12 heteroatoms. The van der Waals surface area contributed by atoms with Crippen molar-refractivity contribution in [2.24, 2.45) is 0 Å². The molecule has 3 aromatic carbocycles. The van der Waals surface area contributed by atoms with Crippen molar-refractivity contribution in [3.05, 3.63) is 89.8 Å². The van der Waals surface area contributed by atoms with Crippen LogP contribution in [0.15, 0.2) is 63.0 Å². The summed E-state index contributed by atoms with van der Waals surface area (Å²) in [7, 11) is 0. The fraction of sp³-hybridized carbons (Fsp3) is 0.111. The monoisotopic (exact) mass is 693 g/mol. The maximum atomic E-state index is 13.3. The molecule has 1 aliphatic rings. The normalized spacial score (nSPS) is 14.5. The van der Waals surface area contributed by atoms with Gasteiger partial charge in [-0.1, -0.05) is 45.2 Å². The van der Waals surface area contributed by atoms with E-state index in [1.54, 1.807) is 18.2 Å². The van der Waals surface area contributed by atoms with Gasteiger partial charge >= 0.3 is 6.03 Å². The first-order valence-electron chi connectivity index (χ1n) is 11.3. The van der Waals surface area contributed by atoms with Crippen molar-refractivity contribution in [2.45, 2.75) is 13.8 Å². The highest BCUT2D eigenvalue weighted by Gasteiger charge is 2.37. The summed E-state index contributed by atoms with van der Waals surface area (Å²) in [6.45, 7) is 3.57. The van der Waals surface area contributed by atoms with Crippen molar-refractivity contribution in [1.82, 2.24) is 5.32 Å². The van der Waals surface area contributed by atoms with Crippen LogP contribution in [0.2, 0.25) is 10.0 Å². The maximum Gasteiger partial charge on any atom is 0.335 e. The Hall–Kier alpha value is -3.18. The average Bonchev–Trinajstić information content (AvgIpc) is 2.85. The molecule has 8 nitrogen and oxygen atoms in total. The lowest BCUT2D eigenvalue weighted by Crippen LogP contribution is -2.54. The van der Waals surface area contributed by atoms with Crippen molar-refractivity contribution in [1.29, 1.82) is 0 Å². The number of hydrogen-bond acceptors (Lipinski definition) is 5. The molecule has 1 fully saturated rings. The first-order chi connectivity index (χ1) is 18.4. The number of carbonyl (C=O) groups is 4. The molecular weight excluding hydrogens is 677 g/mol. The summed E-state index contributed by atoms with van der Waals surface area (Å²) < 4.78 is 6.87. The number of nitrogens with one attached hydrogen (secondary N) is 2. The van der Waals surface area contributed by atoms with Crippen LogP contribution in [0.4, 0.5) is 16.2 Å². The van der Waals surface area contributed by atoms with Gasteiger partial charge in [-0.05, 0) is 89.4 Å². The number of benzene rings is 3. The van der Waals surface area contributed by atoms with Gasteiger partial charge in [0.2, 0.25) is 0 Å². The topological polar surface area (TPSA) is 105 Å². The van der Waals surface area contributed by atoms with Crippen LogP contribution in [-0.2, 0) is 14.4 Å². The fourth-order valence-electron chi connectivity index (χ4n) is 3.67. The van der Waals surface area contributed by atoms with Gasteiger partial charge < -0.3 is 10.1 Å². The summed E-state index contributed by atoms with van der Waals surface area (Å²) >= 11 is 18.8. The van der Waals surface area contributed by atoms with Crippen LogP contribution in [0.1, 0.15) is 16.7 Å². The summed E-state index contributed by atoms with van der Waals surface area (Å²) in [5.41, 5.74) is 2.84. The molecule has 0 saturated carbocycles. The molecule has 5 amide bonds. The molecule has 0 spiro atoms. The Morgan fingerprint density at radius 3 is 2.44 bits per heavy atom. The molecule has 3 aromatic rings. The number of halogens is 4.